The Morgan fingerprint density at radius 1 is 0.300 bits per heavy atom. The molecule has 60 heavy (non-hydrogen) atoms. The monoisotopic (exact) mass is 817 g/mol. The lowest BCUT2D eigenvalue weighted by Crippen LogP contribution is -2.69. The SMILES string of the molecule is CC(C)C12CC3CC(CC(C3)C1)C2.CC(C)C12CC3CC4C5CC(CC41)CC2C5C3.CC(C)C1C2CC3C4CC5CC3C1C(C5)C4C2.CC(C)C1C2CC3CC(C2)CC1C3. The summed E-state index contributed by atoms with van der Waals surface area (Å²) in [7, 11) is 0. The van der Waals surface area contributed by atoms with Gasteiger partial charge in [-0.15, -0.1) is 0 Å². The molecule has 0 aromatic rings. The van der Waals surface area contributed by atoms with Crippen LogP contribution in [0, 0.1) is 177 Å². The smallest absolute Gasteiger partial charge is 0.0210 e. The molecule has 0 heterocycles. The van der Waals surface area contributed by atoms with E-state index in [1.165, 1.54) is 59.2 Å². The van der Waals surface area contributed by atoms with E-state index in [1.54, 1.807) is 141 Å². The lowest BCUT2D eigenvalue weighted by molar-refractivity contribution is -0.270. The maximum absolute atomic E-state index is 2.56. The van der Waals surface area contributed by atoms with Gasteiger partial charge in [0.1, 0.15) is 0 Å². The molecule has 336 valence electrons. The summed E-state index contributed by atoms with van der Waals surface area (Å²) >= 11 is 0. The van der Waals surface area contributed by atoms with E-state index >= 15 is 0 Å². The largest absolute Gasteiger partial charge is 0.0625 e. The molecule has 0 aromatic heterocycles. The van der Waals surface area contributed by atoms with Crippen molar-refractivity contribution in [3.05, 3.63) is 0 Å². The summed E-state index contributed by atoms with van der Waals surface area (Å²) in [6.45, 7) is 20.0. The normalized spacial score (nSPS) is 60.6. The predicted octanol–water partition coefficient (Wildman–Crippen LogP) is 16.1. The van der Waals surface area contributed by atoms with E-state index in [-0.39, 0.29) is 0 Å². The first-order chi connectivity index (χ1) is 28.9. The Balaban J connectivity index is 0.0000000831. The minimum atomic E-state index is 0.800. The van der Waals surface area contributed by atoms with Crippen molar-refractivity contribution in [2.45, 2.75) is 197 Å². The molecule has 0 spiro atoms. The van der Waals surface area contributed by atoms with Gasteiger partial charge in [-0.3, -0.25) is 0 Å². The summed E-state index contributed by atoms with van der Waals surface area (Å²) in [6.07, 6.45) is 35.5. The summed E-state index contributed by atoms with van der Waals surface area (Å²) in [5, 5.41) is 0. The molecule has 22 saturated carbocycles. The first kappa shape index (κ1) is 40.3. The molecule has 0 N–H and O–H groups in total. The van der Waals surface area contributed by atoms with E-state index in [0.717, 1.165) is 117 Å². The van der Waals surface area contributed by atoms with Crippen LogP contribution in [0.25, 0.3) is 0 Å². The number of hydrogen-bond donors (Lipinski definition) is 0. The van der Waals surface area contributed by atoms with Crippen molar-refractivity contribution in [1.82, 2.24) is 0 Å². The standard InChI is InChI=1S/2C17H26.2C13H22/c1-9(2)17-8-11-4-13-12-3-10(6-15(13)17)7-16(17)14(12)5-11;1-8(2)16-10-6-12-11-3-9-4-14(12)17(16)15(5-9)13(11)7-10;1-9(2)13-6-10-3-11(7-13)5-12(4-10)8-13;1-8(2)13-11-4-9-3-10(6-11)7-12(13)5-9/h9-16H,3-8H2,1-2H3;8-17H,3-7H2,1-2H3;9-12H,3-8H2,1-2H3;8-13H,3-7H2,1-2H3. The molecule has 0 aromatic carbocycles. The van der Waals surface area contributed by atoms with Gasteiger partial charge in [0, 0.05) is 0 Å². The summed E-state index contributed by atoms with van der Waals surface area (Å²) in [5.41, 5.74) is 1.62. The van der Waals surface area contributed by atoms with Gasteiger partial charge in [0.05, 0.1) is 0 Å². The molecule has 0 radical (unpaired) electrons. The molecule has 24 bridgehead atoms. The average Bonchev–Trinajstić information content (AvgIpc) is 3.20. The molecule has 9 atom stereocenters. The topological polar surface area (TPSA) is 0 Å². The van der Waals surface area contributed by atoms with Gasteiger partial charge in [-0.2, -0.15) is 0 Å². The molecule has 0 aliphatic heterocycles. The van der Waals surface area contributed by atoms with Gasteiger partial charge in [-0.05, 0) is 318 Å². The zero-order chi connectivity index (χ0) is 40.7. The van der Waals surface area contributed by atoms with Gasteiger partial charge in [0.25, 0.3) is 0 Å². The molecule has 22 aliphatic carbocycles. The molecule has 0 nitrogen and oxygen atoms in total. The highest BCUT2D eigenvalue weighted by Crippen LogP contribution is 2.78. The second kappa shape index (κ2) is 14.3. The van der Waals surface area contributed by atoms with Crippen LogP contribution < -0.4 is 0 Å². The van der Waals surface area contributed by atoms with Crippen LogP contribution in [0.15, 0.2) is 0 Å². The summed E-state index contributed by atoms with van der Waals surface area (Å²) < 4.78 is 0. The number of hydrogen-bond acceptors (Lipinski definition) is 0. The molecule has 0 heteroatoms. The van der Waals surface area contributed by atoms with Gasteiger partial charge < -0.3 is 0 Å². The Morgan fingerprint density at radius 3 is 1.13 bits per heavy atom. The molecule has 0 amide bonds. The summed E-state index contributed by atoms with van der Waals surface area (Å²) in [4.78, 5) is 0. The van der Waals surface area contributed by atoms with E-state index in [9.17, 15) is 0 Å². The van der Waals surface area contributed by atoms with Crippen LogP contribution in [0.2, 0.25) is 0 Å². The van der Waals surface area contributed by atoms with E-state index in [2.05, 4.69) is 55.4 Å². The van der Waals surface area contributed by atoms with Crippen LogP contribution in [0.1, 0.15) is 197 Å². The van der Waals surface area contributed by atoms with Crippen molar-refractivity contribution in [1.29, 1.82) is 0 Å². The highest BCUT2D eigenvalue weighted by molar-refractivity contribution is 5.19. The van der Waals surface area contributed by atoms with Gasteiger partial charge in [-0.25, -0.2) is 0 Å². The second-order valence-corrected chi connectivity index (χ2v) is 29.8. The Labute approximate surface area is 371 Å². The molecule has 0 saturated heterocycles. The minimum absolute atomic E-state index is 0.800. The molecule has 22 aliphatic rings. The molecular weight excluding hydrogens is 721 g/mol. The van der Waals surface area contributed by atoms with Crippen molar-refractivity contribution in [3.8, 4) is 0 Å². The first-order valence-corrected chi connectivity index (χ1v) is 28.9. The van der Waals surface area contributed by atoms with Gasteiger partial charge in [0.2, 0.25) is 0 Å². The Morgan fingerprint density at radius 2 is 0.667 bits per heavy atom. The fourth-order valence-corrected chi connectivity index (χ4v) is 26.0. The van der Waals surface area contributed by atoms with Crippen LogP contribution in [0.5, 0.6) is 0 Å². The lowest BCUT2D eigenvalue weighted by atomic mass is 9.29. The number of rotatable bonds is 4. The summed E-state index contributed by atoms with van der Waals surface area (Å²) in [5.74, 6) is 31.7. The Hall–Kier alpha value is 0. The second-order valence-electron chi connectivity index (χ2n) is 29.8. The Kier molecular flexibility index (Phi) is 9.57. The lowest BCUT2D eigenvalue weighted by Gasteiger charge is -2.76. The van der Waals surface area contributed by atoms with E-state index in [0.29, 0.717) is 0 Å². The fourth-order valence-electron chi connectivity index (χ4n) is 26.0. The van der Waals surface area contributed by atoms with Crippen molar-refractivity contribution in [2.75, 3.05) is 0 Å². The molecule has 22 rings (SSSR count). The maximum Gasteiger partial charge on any atom is -0.0210 e. The highest BCUT2D eigenvalue weighted by Gasteiger charge is 2.71. The highest BCUT2D eigenvalue weighted by atomic mass is 14.8. The molecule has 22 fully saturated rings. The van der Waals surface area contributed by atoms with Crippen LogP contribution in [0.3, 0.4) is 0 Å². The zero-order valence-electron chi connectivity index (χ0n) is 40.7. The third-order valence-electron chi connectivity index (χ3n) is 26.5. The van der Waals surface area contributed by atoms with Crippen molar-refractivity contribution in [2.24, 2.45) is 177 Å². The van der Waals surface area contributed by atoms with E-state index in [1.807, 2.05) is 0 Å². The quantitative estimate of drug-likeness (QED) is 0.265. The van der Waals surface area contributed by atoms with Crippen LogP contribution in [-0.4, -0.2) is 0 Å². The Bertz CT molecular complexity index is 1490. The predicted molar refractivity (Wildman–Crippen MR) is 250 cm³/mol. The van der Waals surface area contributed by atoms with Gasteiger partial charge >= 0.3 is 0 Å². The zero-order valence-corrected chi connectivity index (χ0v) is 40.7. The van der Waals surface area contributed by atoms with Crippen LogP contribution in [0.4, 0.5) is 0 Å². The minimum Gasteiger partial charge on any atom is -0.0625 e. The van der Waals surface area contributed by atoms with Gasteiger partial charge in [-0.1, -0.05) is 55.4 Å². The third-order valence-corrected chi connectivity index (χ3v) is 26.5. The molecule has 9 unspecified atom stereocenters. The average molecular weight is 817 g/mol. The van der Waals surface area contributed by atoms with E-state index < -0.39 is 0 Å². The van der Waals surface area contributed by atoms with Crippen molar-refractivity contribution >= 4 is 0 Å². The fraction of sp³-hybridized carbons (Fsp3) is 1.00. The van der Waals surface area contributed by atoms with Crippen molar-refractivity contribution in [3.63, 3.8) is 0 Å². The van der Waals surface area contributed by atoms with E-state index in [4.69, 9.17) is 0 Å². The van der Waals surface area contributed by atoms with Crippen molar-refractivity contribution < 1.29 is 0 Å². The maximum atomic E-state index is 2.56. The van der Waals surface area contributed by atoms with Gasteiger partial charge in [0.15, 0.2) is 0 Å². The molecular formula is C60H96. The third kappa shape index (κ3) is 5.82. The first-order valence-electron chi connectivity index (χ1n) is 28.9. The summed E-state index contributed by atoms with van der Waals surface area (Å²) in [6, 6.07) is 0. The van der Waals surface area contributed by atoms with Crippen LogP contribution >= 0.6 is 0 Å². The van der Waals surface area contributed by atoms with Crippen LogP contribution in [-0.2, 0) is 0 Å².